The van der Waals surface area contributed by atoms with Crippen LogP contribution in [-0.4, -0.2) is 38.4 Å². The number of rotatable bonds is 2. The molecule has 0 radical (unpaired) electrons. The second kappa shape index (κ2) is 6.01. The largest absolute Gasteiger partial charge is 0.360 e. The molecule has 0 saturated carbocycles. The van der Waals surface area contributed by atoms with Crippen molar-refractivity contribution in [2.24, 2.45) is 7.05 Å². The summed E-state index contributed by atoms with van der Waals surface area (Å²) < 4.78 is 8.12. The summed E-state index contributed by atoms with van der Waals surface area (Å²) in [6, 6.07) is 12.1. The third-order valence-electron chi connectivity index (χ3n) is 5.98. The van der Waals surface area contributed by atoms with Crippen LogP contribution < -0.4 is 0 Å². The van der Waals surface area contributed by atoms with Crippen LogP contribution in [0.3, 0.4) is 0 Å². The Labute approximate surface area is 163 Å². The molecule has 1 spiro atoms. The molecule has 2 aromatic heterocycles. The molecule has 0 atom stereocenters. The van der Waals surface area contributed by atoms with Gasteiger partial charge in [0.15, 0.2) is 0 Å². The van der Waals surface area contributed by atoms with Gasteiger partial charge in [0, 0.05) is 30.2 Å². The van der Waals surface area contributed by atoms with Crippen LogP contribution >= 0.6 is 0 Å². The third-order valence-corrected chi connectivity index (χ3v) is 5.98. The predicted molar refractivity (Wildman–Crippen MR) is 105 cm³/mol. The molecule has 6 heteroatoms. The topological polar surface area (TPSA) is 60.3 Å². The minimum Gasteiger partial charge on any atom is -0.360 e. The van der Waals surface area contributed by atoms with E-state index in [1.165, 1.54) is 0 Å². The first-order valence-corrected chi connectivity index (χ1v) is 9.46. The first-order valence-electron chi connectivity index (χ1n) is 9.46. The number of fused-ring (bicyclic) bond motifs is 2. The van der Waals surface area contributed by atoms with Crippen LogP contribution in [0, 0.1) is 13.8 Å². The first kappa shape index (κ1) is 17.1. The monoisotopic (exact) mass is 374 g/mol. The maximum absolute atomic E-state index is 13.2. The SMILES string of the molecule is Cc1ncc2c(n1)COC21CN(C(=O)c2cc(-c3ccccc3)n(C)c2C)C1. The highest BCUT2D eigenvalue weighted by Crippen LogP contribution is 2.43. The second-order valence-corrected chi connectivity index (χ2v) is 7.68. The number of ether oxygens (including phenoxy) is 1. The smallest absolute Gasteiger partial charge is 0.255 e. The van der Waals surface area contributed by atoms with E-state index < -0.39 is 5.60 Å². The van der Waals surface area contributed by atoms with Crippen molar-refractivity contribution < 1.29 is 9.53 Å². The molecule has 1 fully saturated rings. The highest BCUT2D eigenvalue weighted by Gasteiger charge is 2.52. The van der Waals surface area contributed by atoms with Crippen LogP contribution in [0.5, 0.6) is 0 Å². The predicted octanol–water partition coefficient (Wildman–Crippen LogP) is 2.98. The molecule has 0 unspecified atom stereocenters. The molecule has 28 heavy (non-hydrogen) atoms. The van der Waals surface area contributed by atoms with Gasteiger partial charge in [0.2, 0.25) is 0 Å². The molecule has 0 bridgehead atoms. The zero-order valence-corrected chi connectivity index (χ0v) is 16.3. The fraction of sp³-hybridized carbons (Fsp3) is 0.318. The van der Waals surface area contributed by atoms with Gasteiger partial charge >= 0.3 is 0 Å². The summed E-state index contributed by atoms with van der Waals surface area (Å²) in [7, 11) is 2.00. The van der Waals surface area contributed by atoms with Gasteiger partial charge in [-0.2, -0.15) is 0 Å². The summed E-state index contributed by atoms with van der Waals surface area (Å²) in [6.45, 7) is 5.45. The van der Waals surface area contributed by atoms with E-state index >= 15 is 0 Å². The quantitative estimate of drug-likeness (QED) is 0.692. The van der Waals surface area contributed by atoms with Gasteiger partial charge in [-0.1, -0.05) is 30.3 Å². The number of hydrogen-bond donors (Lipinski definition) is 0. The van der Waals surface area contributed by atoms with Gasteiger partial charge in [0.05, 0.1) is 31.0 Å². The van der Waals surface area contributed by atoms with Crippen molar-refractivity contribution in [3.63, 3.8) is 0 Å². The summed E-state index contributed by atoms with van der Waals surface area (Å²) >= 11 is 0. The summed E-state index contributed by atoms with van der Waals surface area (Å²) in [5.41, 5.74) is 5.39. The van der Waals surface area contributed by atoms with Crippen molar-refractivity contribution in [2.75, 3.05) is 13.1 Å². The van der Waals surface area contributed by atoms with Gasteiger partial charge in [-0.25, -0.2) is 9.97 Å². The number of nitrogens with zero attached hydrogens (tertiary/aromatic N) is 4. The zero-order valence-electron chi connectivity index (χ0n) is 16.3. The Morgan fingerprint density at radius 3 is 2.68 bits per heavy atom. The van der Waals surface area contributed by atoms with E-state index in [4.69, 9.17) is 4.74 Å². The molecule has 2 aliphatic rings. The van der Waals surface area contributed by atoms with E-state index in [9.17, 15) is 4.79 Å². The van der Waals surface area contributed by atoms with Gasteiger partial charge in [0.1, 0.15) is 11.4 Å². The average molecular weight is 374 g/mol. The first-order chi connectivity index (χ1) is 13.5. The van der Waals surface area contributed by atoms with Gasteiger partial charge in [0.25, 0.3) is 5.91 Å². The molecule has 2 aliphatic heterocycles. The van der Waals surface area contributed by atoms with Gasteiger partial charge in [-0.3, -0.25) is 4.79 Å². The van der Waals surface area contributed by atoms with Gasteiger partial charge < -0.3 is 14.2 Å². The Morgan fingerprint density at radius 1 is 1.18 bits per heavy atom. The molecule has 4 heterocycles. The fourth-order valence-corrected chi connectivity index (χ4v) is 4.24. The molecule has 6 nitrogen and oxygen atoms in total. The summed E-state index contributed by atoms with van der Waals surface area (Å²) in [5, 5.41) is 0. The molecule has 0 N–H and O–H groups in total. The normalized spacial score (nSPS) is 16.9. The van der Waals surface area contributed by atoms with Crippen molar-refractivity contribution in [1.29, 1.82) is 0 Å². The summed E-state index contributed by atoms with van der Waals surface area (Å²) in [6.07, 6.45) is 1.85. The molecule has 1 saturated heterocycles. The summed E-state index contributed by atoms with van der Waals surface area (Å²) in [5.74, 6) is 0.797. The molecule has 5 rings (SSSR count). The van der Waals surface area contributed by atoms with Crippen LogP contribution in [0.4, 0.5) is 0 Å². The molecule has 0 aliphatic carbocycles. The van der Waals surface area contributed by atoms with Gasteiger partial charge in [-0.15, -0.1) is 0 Å². The summed E-state index contributed by atoms with van der Waals surface area (Å²) in [4.78, 5) is 23.8. The van der Waals surface area contributed by atoms with E-state index in [-0.39, 0.29) is 5.91 Å². The lowest BCUT2D eigenvalue weighted by Gasteiger charge is -2.47. The Kier molecular flexibility index (Phi) is 3.67. The maximum atomic E-state index is 13.2. The van der Waals surface area contributed by atoms with Crippen molar-refractivity contribution in [3.05, 3.63) is 70.9 Å². The van der Waals surface area contributed by atoms with E-state index in [2.05, 4.69) is 26.7 Å². The van der Waals surface area contributed by atoms with E-state index in [0.717, 1.165) is 39.6 Å². The molecular weight excluding hydrogens is 352 g/mol. The van der Waals surface area contributed by atoms with Crippen molar-refractivity contribution in [3.8, 4) is 11.3 Å². The Bertz CT molecular complexity index is 1080. The standard InChI is InChI=1S/C22H22N4O2/c1-14-17(9-20(25(14)3)16-7-5-4-6-8-16)21(27)26-12-22(13-26)18-10-23-15(2)24-19(18)11-28-22/h4-10H,11-13H2,1-3H3. The number of aryl methyl sites for hydroxylation is 1. The number of hydrogen-bond acceptors (Lipinski definition) is 4. The Balaban J connectivity index is 1.40. The highest BCUT2D eigenvalue weighted by atomic mass is 16.5. The molecule has 142 valence electrons. The third kappa shape index (κ3) is 2.41. The van der Waals surface area contributed by atoms with Crippen LogP contribution in [0.1, 0.15) is 33.1 Å². The molecule has 1 aromatic carbocycles. The number of likely N-dealkylation sites (tertiary alicyclic amines) is 1. The number of carbonyl (C=O) groups excluding carboxylic acids is 1. The number of carbonyl (C=O) groups is 1. The number of aromatic nitrogens is 3. The second-order valence-electron chi connectivity index (χ2n) is 7.68. The van der Waals surface area contributed by atoms with E-state index in [1.807, 2.05) is 56.3 Å². The average Bonchev–Trinajstić information content (AvgIpc) is 3.19. The van der Waals surface area contributed by atoms with Crippen molar-refractivity contribution >= 4 is 5.91 Å². The molecule has 3 aromatic rings. The van der Waals surface area contributed by atoms with Crippen LogP contribution in [0.25, 0.3) is 11.3 Å². The fourth-order valence-electron chi connectivity index (χ4n) is 4.24. The zero-order chi connectivity index (χ0) is 19.5. The van der Waals surface area contributed by atoms with Crippen molar-refractivity contribution in [2.45, 2.75) is 26.1 Å². The highest BCUT2D eigenvalue weighted by molar-refractivity contribution is 5.97. The molecule has 1 amide bonds. The van der Waals surface area contributed by atoms with Crippen LogP contribution in [0.15, 0.2) is 42.6 Å². The van der Waals surface area contributed by atoms with E-state index in [1.54, 1.807) is 0 Å². The van der Waals surface area contributed by atoms with Gasteiger partial charge in [-0.05, 0) is 25.5 Å². The van der Waals surface area contributed by atoms with E-state index in [0.29, 0.717) is 19.7 Å². The maximum Gasteiger partial charge on any atom is 0.255 e. The Hall–Kier alpha value is -2.99. The minimum absolute atomic E-state index is 0.0472. The van der Waals surface area contributed by atoms with Crippen molar-refractivity contribution in [1.82, 2.24) is 19.4 Å². The van der Waals surface area contributed by atoms with Crippen LogP contribution in [0.2, 0.25) is 0 Å². The minimum atomic E-state index is -0.441. The lowest BCUT2D eigenvalue weighted by molar-refractivity contribution is -0.126. The lowest BCUT2D eigenvalue weighted by atomic mass is 9.87. The lowest BCUT2D eigenvalue weighted by Crippen LogP contribution is -2.61. The van der Waals surface area contributed by atoms with Crippen LogP contribution in [-0.2, 0) is 24.0 Å². The Morgan fingerprint density at radius 2 is 1.93 bits per heavy atom. The molecular formula is C22H22N4O2. The number of benzene rings is 1. The number of amides is 1.